The van der Waals surface area contributed by atoms with Crippen LogP contribution in [0.15, 0.2) is 35.7 Å². The third-order valence-electron chi connectivity index (χ3n) is 6.66. The van der Waals surface area contributed by atoms with Gasteiger partial charge in [-0.1, -0.05) is 23.4 Å². The van der Waals surface area contributed by atoms with Crippen LogP contribution in [-0.2, 0) is 21.6 Å². The minimum Gasteiger partial charge on any atom is -0.378 e. The number of nitrogens with zero attached hydrogens (tertiary/aromatic N) is 5. The number of benzene rings is 1. The summed E-state index contributed by atoms with van der Waals surface area (Å²) in [5.74, 6) is -2.74. The highest BCUT2D eigenvalue weighted by atomic mass is 35.5. The van der Waals surface area contributed by atoms with Gasteiger partial charge in [0.2, 0.25) is 0 Å². The largest absolute Gasteiger partial charge is 0.378 e. The maximum Gasteiger partial charge on any atom is 0.262 e. The van der Waals surface area contributed by atoms with Crippen molar-refractivity contribution in [1.29, 1.82) is 0 Å². The first-order valence-electron chi connectivity index (χ1n) is 10.7. The molecule has 1 aliphatic heterocycles. The molecule has 1 aromatic carbocycles. The third kappa shape index (κ3) is 3.82. The summed E-state index contributed by atoms with van der Waals surface area (Å²) < 4.78 is 29.2. The van der Waals surface area contributed by atoms with Gasteiger partial charge in [-0.15, -0.1) is 0 Å². The number of nitrogens with two attached hydrogens (primary N) is 1. The van der Waals surface area contributed by atoms with Crippen molar-refractivity contribution in [3.63, 3.8) is 0 Å². The second-order valence-electron chi connectivity index (χ2n) is 8.79. The molecule has 3 atom stereocenters. The van der Waals surface area contributed by atoms with Gasteiger partial charge in [0.1, 0.15) is 16.6 Å². The number of aromatic nitrogens is 3. The quantitative estimate of drug-likeness (QED) is 0.514. The van der Waals surface area contributed by atoms with E-state index in [4.69, 9.17) is 22.2 Å². The highest BCUT2D eigenvalue weighted by molar-refractivity contribution is 8.15. The molecule has 1 aliphatic carbocycles. The number of halogens is 3. The van der Waals surface area contributed by atoms with Crippen molar-refractivity contribution in [2.45, 2.75) is 30.1 Å². The zero-order valence-electron chi connectivity index (χ0n) is 19.1. The van der Waals surface area contributed by atoms with Crippen molar-refractivity contribution in [2.75, 3.05) is 14.2 Å². The lowest BCUT2D eigenvalue weighted by molar-refractivity contribution is -0.169. The Morgan fingerprint density at radius 2 is 2.09 bits per heavy atom. The van der Waals surface area contributed by atoms with Gasteiger partial charge in [-0.3, -0.25) is 19.6 Å². The lowest BCUT2D eigenvalue weighted by Gasteiger charge is -2.34. The first-order chi connectivity index (χ1) is 16.6. The molecule has 3 aromatic rings. The maximum atomic E-state index is 15.3. The molecule has 1 saturated carbocycles. The van der Waals surface area contributed by atoms with Crippen LogP contribution in [0.2, 0.25) is 5.02 Å². The lowest BCUT2D eigenvalue weighted by atomic mass is 9.84. The number of hydrogen-bond acceptors (Lipinski definition) is 8. The molecule has 0 spiro atoms. The first kappa shape index (κ1) is 23.8. The van der Waals surface area contributed by atoms with Crippen LogP contribution in [0.1, 0.15) is 30.2 Å². The number of aliphatic imine (C=N–C) groups is 1. The average Bonchev–Trinajstić information content (AvgIpc) is 3.56. The standard InChI is InChI=1S/C23H21ClF2N6O2S/c1-22(17-8-23(17,35-21(27)31-22)20(33)32(2)34-3)13-4-11(5-14(25)18(13)26)6-15-19-16(30-10-29-15)7-12(24)9-28-19/h4-5,7,9-10,17H,6,8H2,1-3H3,(H2,27,31)/t17-,22+,23-/m0/s1. The van der Waals surface area contributed by atoms with E-state index in [9.17, 15) is 9.18 Å². The molecular formula is C23H21ClF2N6O2S. The van der Waals surface area contributed by atoms with E-state index < -0.39 is 27.8 Å². The number of hydroxylamine groups is 2. The lowest BCUT2D eigenvalue weighted by Crippen LogP contribution is -2.44. The predicted octanol–water partition coefficient (Wildman–Crippen LogP) is 3.60. The predicted molar refractivity (Wildman–Crippen MR) is 129 cm³/mol. The van der Waals surface area contributed by atoms with Gasteiger partial charge in [0.15, 0.2) is 16.8 Å². The highest BCUT2D eigenvalue weighted by Crippen LogP contribution is 2.66. The number of fused-ring (bicyclic) bond motifs is 2. The van der Waals surface area contributed by atoms with Gasteiger partial charge in [0, 0.05) is 31.1 Å². The molecule has 0 bridgehead atoms. The van der Waals surface area contributed by atoms with E-state index in [-0.39, 0.29) is 23.1 Å². The van der Waals surface area contributed by atoms with Crippen molar-refractivity contribution in [1.82, 2.24) is 20.0 Å². The molecule has 2 aliphatic rings. The Morgan fingerprint density at radius 3 is 2.83 bits per heavy atom. The summed E-state index contributed by atoms with van der Waals surface area (Å²) in [4.78, 5) is 35.4. The van der Waals surface area contributed by atoms with Gasteiger partial charge >= 0.3 is 0 Å². The molecule has 12 heteroatoms. The Kier molecular flexibility index (Phi) is 5.69. The van der Waals surface area contributed by atoms with Crippen LogP contribution in [0.25, 0.3) is 11.0 Å². The van der Waals surface area contributed by atoms with Crippen molar-refractivity contribution in [3.8, 4) is 0 Å². The second kappa shape index (κ2) is 8.35. The van der Waals surface area contributed by atoms with Crippen LogP contribution in [0.3, 0.4) is 0 Å². The minimum absolute atomic E-state index is 0.0323. The fourth-order valence-electron chi connectivity index (χ4n) is 4.81. The molecule has 0 radical (unpaired) electrons. The van der Waals surface area contributed by atoms with Crippen molar-refractivity contribution in [2.24, 2.45) is 16.6 Å². The fourth-order valence-corrected chi connectivity index (χ4v) is 6.41. The van der Waals surface area contributed by atoms with E-state index in [2.05, 4.69) is 19.9 Å². The van der Waals surface area contributed by atoms with Crippen LogP contribution < -0.4 is 5.73 Å². The van der Waals surface area contributed by atoms with E-state index in [0.29, 0.717) is 33.7 Å². The summed E-state index contributed by atoms with van der Waals surface area (Å²) >= 11 is 7.15. The molecule has 0 unspecified atom stereocenters. The van der Waals surface area contributed by atoms with Gasteiger partial charge in [0.05, 0.1) is 28.9 Å². The molecule has 35 heavy (non-hydrogen) atoms. The average molecular weight is 519 g/mol. The zero-order chi connectivity index (χ0) is 25.1. The third-order valence-corrected chi connectivity index (χ3v) is 8.16. The fraction of sp³-hybridized carbons (Fsp3) is 0.348. The van der Waals surface area contributed by atoms with Gasteiger partial charge < -0.3 is 5.73 Å². The Morgan fingerprint density at radius 1 is 1.31 bits per heavy atom. The molecule has 8 nitrogen and oxygen atoms in total. The van der Waals surface area contributed by atoms with Crippen LogP contribution in [-0.4, -0.2) is 50.0 Å². The van der Waals surface area contributed by atoms with Gasteiger partial charge in [-0.05, 0) is 37.1 Å². The number of hydrogen-bond donors (Lipinski definition) is 1. The number of amides is 1. The van der Waals surface area contributed by atoms with E-state index in [1.54, 1.807) is 19.1 Å². The Hall–Kier alpha value is -2.89. The van der Waals surface area contributed by atoms with E-state index >= 15 is 4.39 Å². The van der Waals surface area contributed by atoms with E-state index in [0.717, 1.165) is 22.9 Å². The maximum absolute atomic E-state index is 15.3. The van der Waals surface area contributed by atoms with Crippen LogP contribution in [0.5, 0.6) is 0 Å². The smallest absolute Gasteiger partial charge is 0.262 e. The normalized spacial score (nSPS) is 25.2. The molecular weight excluding hydrogens is 498 g/mol. The highest BCUT2D eigenvalue weighted by Gasteiger charge is 2.71. The Bertz CT molecular complexity index is 1410. The molecule has 2 aromatic heterocycles. The van der Waals surface area contributed by atoms with E-state index in [1.807, 2.05) is 0 Å². The number of carbonyl (C=O) groups is 1. The SMILES string of the molecule is CON(C)C(=O)[C@]12C[C@H]1[C@@](C)(c1cc(Cc3ncnc4cc(Cl)cnc34)cc(F)c1F)N=C(N)S2. The van der Waals surface area contributed by atoms with Crippen LogP contribution in [0, 0.1) is 17.6 Å². The molecule has 1 fully saturated rings. The number of carbonyl (C=O) groups excluding carboxylic acids is 1. The summed E-state index contributed by atoms with van der Waals surface area (Å²) in [5.41, 5.74) is 6.95. The summed E-state index contributed by atoms with van der Waals surface area (Å²) in [6, 6.07) is 4.34. The summed E-state index contributed by atoms with van der Waals surface area (Å²) in [7, 11) is 2.88. The number of rotatable bonds is 5. The van der Waals surface area contributed by atoms with Crippen molar-refractivity contribution < 1.29 is 18.4 Å². The van der Waals surface area contributed by atoms with Gasteiger partial charge in [-0.25, -0.2) is 23.8 Å². The van der Waals surface area contributed by atoms with Gasteiger partial charge in [-0.2, -0.15) is 0 Å². The Balaban J connectivity index is 1.57. The Labute approximate surface area is 208 Å². The molecule has 1 amide bonds. The second-order valence-corrected chi connectivity index (χ2v) is 10.6. The minimum atomic E-state index is -1.25. The molecule has 0 saturated heterocycles. The van der Waals surface area contributed by atoms with Crippen LogP contribution >= 0.6 is 23.4 Å². The first-order valence-corrected chi connectivity index (χ1v) is 11.9. The number of amidine groups is 1. The van der Waals surface area contributed by atoms with Crippen molar-refractivity contribution >= 4 is 45.5 Å². The molecule has 2 N–H and O–H groups in total. The topological polar surface area (TPSA) is 107 Å². The summed E-state index contributed by atoms with van der Waals surface area (Å²) in [6.45, 7) is 1.68. The van der Waals surface area contributed by atoms with E-state index in [1.165, 1.54) is 26.7 Å². The molecule has 5 rings (SSSR count). The number of pyridine rings is 1. The molecule has 182 valence electrons. The van der Waals surface area contributed by atoms with Crippen molar-refractivity contribution in [3.05, 3.63) is 64.2 Å². The van der Waals surface area contributed by atoms with Crippen LogP contribution in [0.4, 0.5) is 8.78 Å². The monoisotopic (exact) mass is 518 g/mol. The number of thioether (sulfide) groups is 1. The summed E-state index contributed by atoms with van der Waals surface area (Å²) in [5, 5.41) is 1.68. The van der Waals surface area contributed by atoms with Gasteiger partial charge in [0.25, 0.3) is 5.91 Å². The molecule has 3 heterocycles. The zero-order valence-corrected chi connectivity index (χ0v) is 20.6. The summed E-state index contributed by atoms with van der Waals surface area (Å²) in [6.07, 6.45) is 3.42.